The fourth-order valence-corrected chi connectivity index (χ4v) is 1.65. The lowest BCUT2D eigenvalue weighted by Gasteiger charge is -1.96. The molecular formula is C7H5ClN2O3S. The van der Waals surface area contributed by atoms with Crippen LogP contribution in [0.15, 0.2) is 5.54 Å². The van der Waals surface area contributed by atoms with Crippen LogP contribution in [-0.2, 0) is 4.79 Å². The second-order valence-corrected chi connectivity index (χ2v) is 3.49. The second kappa shape index (κ2) is 4.21. The maximum atomic E-state index is 10.6. The molecule has 0 saturated carbocycles. The number of hydrogen-bond donors (Lipinski definition) is 2. The van der Waals surface area contributed by atoms with Crippen molar-refractivity contribution in [2.24, 2.45) is 0 Å². The van der Waals surface area contributed by atoms with E-state index in [1.807, 2.05) is 0 Å². The molecule has 14 heavy (non-hydrogen) atoms. The highest BCUT2D eigenvalue weighted by atomic mass is 35.5. The summed E-state index contributed by atoms with van der Waals surface area (Å²) in [6, 6.07) is 0. The number of aldehydes is 1. The van der Waals surface area contributed by atoms with Crippen LogP contribution in [-0.4, -0.2) is 22.3 Å². The molecule has 0 amide bonds. The summed E-state index contributed by atoms with van der Waals surface area (Å²) >= 11 is 6.21. The van der Waals surface area contributed by atoms with Gasteiger partial charge in [-0.3, -0.25) is 4.79 Å². The number of aromatic nitrogens is 1. The number of nitrogens with two attached hydrogens (primary N) is 1. The SMILES string of the molecule is Nc1sc(C=O)nc1C(=CCl)C(=O)O. The molecule has 1 aromatic rings. The maximum absolute atomic E-state index is 10.6. The number of hydrogen-bond acceptors (Lipinski definition) is 5. The normalized spacial score (nSPS) is 11.4. The number of anilines is 1. The third-order valence-corrected chi connectivity index (χ3v) is 2.39. The molecule has 1 rings (SSSR count). The van der Waals surface area contributed by atoms with Crippen LogP contribution in [0.2, 0.25) is 0 Å². The minimum atomic E-state index is -1.24. The first-order valence-corrected chi connectivity index (χ1v) is 4.61. The van der Waals surface area contributed by atoms with E-state index in [9.17, 15) is 9.59 Å². The number of carboxylic acid groups (broad SMARTS) is 1. The molecule has 1 aromatic heterocycles. The zero-order chi connectivity index (χ0) is 10.7. The molecule has 0 aliphatic heterocycles. The van der Waals surface area contributed by atoms with Crippen molar-refractivity contribution >= 4 is 45.8 Å². The molecule has 0 spiro atoms. The van der Waals surface area contributed by atoms with Crippen molar-refractivity contribution in [2.45, 2.75) is 0 Å². The number of aliphatic carboxylic acids is 1. The van der Waals surface area contributed by atoms with E-state index < -0.39 is 5.97 Å². The highest BCUT2D eigenvalue weighted by Crippen LogP contribution is 2.26. The number of carboxylic acids is 1. The number of carbonyl (C=O) groups excluding carboxylic acids is 1. The minimum absolute atomic E-state index is 0.0274. The number of carbonyl (C=O) groups is 2. The fourth-order valence-electron chi connectivity index (χ4n) is 0.792. The van der Waals surface area contributed by atoms with Crippen molar-refractivity contribution in [3.63, 3.8) is 0 Å². The first-order valence-electron chi connectivity index (χ1n) is 3.35. The number of nitrogen functional groups attached to an aromatic ring is 1. The molecule has 74 valence electrons. The molecule has 0 fully saturated rings. The number of rotatable bonds is 3. The minimum Gasteiger partial charge on any atom is -0.478 e. The van der Waals surface area contributed by atoms with Gasteiger partial charge in [-0.05, 0) is 0 Å². The molecule has 0 radical (unpaired) electrons. The highest BCUT2D eigenvalue weighted by molar-refractivity contribution is 7.17. The molecule has 3 N–H and O–H groups in total. The van der Waals surface area contributed by atoms with Gasteiger partial charge in [0, 0.05) is 5.54 Å². The van der Waals surface area contributed by atoms with Gasteiger partial charge in [0.05, 0.1) is 5.57 Å². The van der Waals surface area contributed by atoms with E-state index in [4.69, 9.17) is 22.4 Å². The van der Waals surface area contributed by atoms with E-state index >= 15 is 0 Å². The highest BCUT2D eigenvalue weighted by Gasteiger charge is 2.17. The summed E-state index contributed by atoms with van der Waals surface area (Å²) in [5.74, 6) is -1.24. The van der Waals surface area contributed by atoms with Crippen molar-refractivity contribution in [1.82, 2.24) is 4.98 Å². The van der Waals surface area contributed by atoms with Gasteiger partial charge in [0.2, 0.25) is 0 Å². The van der Waals surface area contributed by atoms with E-state index in [0.29, 0.717) is 6.29 Å². The molecule has 0 bridgehead atoms. The average Bonchev–Trinajstić information content (AvgIpc) is 2.48. The predicted octanol–water partition coefficient (Wildman–Crippen LogP) is 1.20. The monoisotopic (exact) mass is 232 g/mol. The maximum Gasteiger partial charge on any atom is 0.338 e. The van der Waals surface area contributed by atoms with Crippen LogP contribution in [0.5, 0.6) is 0 Å². The van der Waals surface area contributed by atoms with E-state index in [2.05, 4.69) is 4.98 Å². The lowest BCUT2D eigenvalue weighted by Crippen LogP contribution is -2.01. The van der Waals surface area contributed by atoms with E-state index in [1.165, 1.54) is 0 Å². The van der Waals surface area contributed by atoms with Crippen LogP contribution >= 0.6 is 22.9 Å². The number of thiazole rings is 1. The molecule has 0 saturated heterocycles. The lowest BCUT2D eigenvalue weighted by molar-refractivity contribution is -0.130. The van der Waals surface area contributed by atoms with Crippen LogP contribution in [0.1, 0.15) is 15.5 Å². The Morgan fingerprint density at radius 3 is 2.64 bits per heavy atom. The first-order chi connectivity index (χ1) is 6.60. The third kappa shape index (κ3) is 1.91. The topological polar surface area (TPSA) is 93.3 Å². The summed E-state index contributed by atoms with van der Waals surface area (Å²) in [6.45, 7) is 0. The Hall–Kier alpha value is -1.40. The van der Waals surface area contributed by atoms with Gasteiger partial charge in [0.15, 0.2) is 11.3 Å². The molecule has 5 nitrogen and oxygen atoms in total. The lowest BCUT2D eigenvalue weighted by atomic mass is 10.2. The van der Waals surface area contributed by atoms with E-state index in [-0.39, 0.29) is 21.3 Å². The average molecular weight is 233 g/mol. The molecule has 0 atom stereocenters. The molecule has 7 heteroatoms. The Kier molecular flexibility index (Phi) is 3.21. The Morgan fingerprint density at radius 2 is 2.29 bits per heavy atom. The Labute approximate surface area is 87.8 Å². The predicted molar refractivity (Wildman–Crippen MR) is 53.4 cm³/mol. The quantitative estimate of drug-likeness (QED) is 0.603. The number of halogens is 1. The summed E-state index contributed by atoms with van der Waals surface area (Å²) < 4.78 is 0. The molecule has 1 heterocycles. The molecule has 0 aliphatic rings. The zero-order valence-electron chi connectivity index (χ0n) is 6.73. The second-order valence-electron chi connectivity index (χ2n) is 2.21. The summed E-state index contributed by atoms with van der Waals surface area (Å²) in [5, 5.41) is 8.98. The molecular weight excluding hydrogens is 228 g/mol. The first kappa shape index (κ1) is 10.7. The van der Waals surface area contributed by atoms with Crippen molar-refractivity contribution in [3.8, 4) is 0 Å². The standard InChI is InChI=1S/C7H5ClN2O3S/c8-1-3(7(12)13)5-6(9)14-4(2-11)10-5/h1-2H,9H2,(H,12,13). The summed E-state index contributed by atoms with van der Waals surface area (Å²) in [7, 11) is 0. The Bertz CT molecular complexity index is 413. The third-order valence-electron chi connectivity index (χ3n) is 1.37. The van der Waals surface area contributed by atoms with Gasteiger partial charge < -0.3 is 10.8 Å². The van der Waals surface area contributed by atoms with Crippen molar-refractivity contribution < 1.29 is 14.7 Å². The Morgan fingerprint density at radius 1 is 1.64 bits per heavy atom. The fraction of sp³-hybridized carbons (Fsp3) is 0. The Balaban J connectivity index is 3.23. The molecule has 0 aliphatic carbocycles. The molecule has 0 unspecified atom stereocenters. The zero-order valence-corrected chi connectivity index (χ0v) is 8.30. The van der Waals surface area contributed by atoms with Crippen LogP contribution in [0.25, 0.3) is 5.57 Å². The van der Waals surface area contributed by atoms with Crippen molar-refractivity contribution in [3.05, 3.63) is 16.2 Å². The van der Waals surface area contributed by atoms with Gasteiger partial charge in [0.1, 0.15) is 10.7 Å². The van der Waals surface area contributed by atoms with Gasteiger partial charge in [-0.25, -0.2) is 9.78 Å². The van der Waals surface area contributed by atoms with Crippen LogP contribution in [0.3, 0.4) is 0 Å². The van der Waals surface area contributed by atoms with Crippen LogP contribution in [0.4, 0.5) is 5.00 Å². The van der Waals surface area contributed by atoms with Gasteiger partial charge in [-0.1, -0.05) is 22.9 Å². The summed E-state index contributed by atoms with van der Waals surface area (Å²) in [4.78, 5) is 24.7. The van der Waals surface area contributed by atoms with Gasteiger partial charge in [-0.2, -0.15) is 0 Å². The smallest absolute Gasteiger partial charge is 0.338 e. The van der Waals surface area contributed by atoms with Crippen LogP contribution < -0.4 is 5.73 Å². The summed E-state index contributed by atoms with van der Waals surface area (Å²) in [6.07, 6.45) is 0.498. The van der Waals surface area contributed by atoms with Crippen molar-refractivity contribution in [1.29, 1.82) is 0 Å². The molecule has 0 aromatic carbocycles. The van der Waals surface area contributed by atoms with Gasteiger partial charge >= 0.3 is 5.97 Å². The summed E-state index contributed by atoms with van der Waals surface area (Å²) in [5.41, 5.74) is 6.13. The number of nitrogens with zero attached hydrogens (tertiary/aromatic N) is 1. The van der Waals surface area contributed by atoms with Gasteiger partial charge in [-0.15, -0.1) is 0 Å². The van der Waals surface area contributed by atoms with Crippen LogP contribution in [0, 0.1) is 0 Å². The van der Waals surface area contributed by atoms with Crippen molar-refractivity contribution in [2.75, 3.05) is 5.73 Å². The van der Waals surface area contributed by atoms with E-state index in [0.717, 1.165) is 16.9 Å². The van der Waals surface area contributed by atoms with E-state index in [1.54, 1.807) is 0 Å². The van der Waals surface area contributed by atoms with Gasteiger partial charge in [0.25, 0.3) is 0 Å². The largest absolute Gasteiger partial charge is 0.478 e.